The van der Waals surface area contributed by atoms with Crippen LogP contribution < -0.4 is 15.4 Å². The molecule has 0 bridgehead atoms. The topological polar surface area (TPSA) is 50.4 Å². The van der Waals surface area contributed by atoms with Crippen LogP contribution in [-0.4, -0.2) is 24.6 Å². The van der Waals surface area contributed by atoms with Crippen LogP contribution in [0, 0.1) is 0 Å². The minimum Gasteiger partial charge on any atom is -0.484 e. The highest BCUT2D eigenvalue weighted by Crippen LogP contribution is 2.19. The highest BCUT2D eigenvalue weighted by atomic mass is 16.5. The van der Waals surface area contributed by atoms with Gasteiger partial charge in [0.15, 0.2) is 6.61 Å². The fraction of sp³-hybridized carbons (Fsp3) is 0.588. The Bertz CT molecular complexity index is 437. The number of nitrogens with one attached hydrogen (secondary N) is 2. The average molecular weight is 290 g/mol. The van der Waals surface area contributed by atoms with E-state index >= 15 is 0 Å². The molecule has 1 aromatic carbocycles. The van der Waals surface area contributed by atoms with Gasteiger partial charge in [0, 0.05) is 18.6 Å². The number of hydrogen-bond acceptors (Lipinski definition) is 3. The zero-order valence-electron chi connectivity index (χ0n) is 13.0. The third kappa shape index (κ3) is 5.76. The minimum atomic E-state index is -0.0526. The lowest BCUT2D eigenvalue weighted by atomic mass is 10.2. The van der Waals surface area contributed by atoms with Crippen LogP contribution >= 0.6 is 0 Å². The molecule has 4 heteroatoms. The summed E-state index contributed by atoms with van der Waals surface area (Å²) in [5.74, 6) is 0.688. The van der Waals surface area contributed by atoms with Gasteiger partial charge in [0.25, 0.3) is 5.91 Å². The largest absolute Gasteiger partial charge is 0.484 e. The van der Waals surface area contributed by atoms with E-state index in [9.17, 15) is 4.79 Å². The first-order valence-electron chi connectivity index (χ1n) is 7.95. The highest BCUT2D eigenvalue weighted by molar-refractivity contribution is 5.77. The van der Waals surface area contributed by atoms with E-state index in [0.717, 1.165) is 31.2 Å². The van der Waals surface area contributed by atoms with E-state index in [1.165, 1.54) is 18.4 Å². The van der Waals surface area contributed by atoms with Crippen molar-refractivity contribution in [2.24, 2.45) is 0 Å². The van der Waals surface area contributed by atoms with Crippen molar-refractivity contribution in [2.45, 2.75) is 58.2 Å². The van der Waals surface area contributed by atoms with Gasteiger partial charge in [-0.25, -0.2) is 0 Å². The Morgan fingerprint density at radius 3 is 2.48 bits per heavy atom. The van der Waals surface area contributed by atoms with Crippen molar-refractivity contribution in [2.75, 3.05) is 6.61 Å². The molecule has 0 aliphatic heterocycles. The summed E-state index contributed by atoms with van der Waals surface area (Å²) in [6.45, 7) is 5.13. The van der Waals surface area contributed by atoms with Gasteiger partial charge in [-0.05, 0) is 43.4 Å². The monoisotopic (exact) mass is 290 g/mol. The Morgan fingerprint density at radius 1 is 1.24 bits per heavy atom. The number of ether oxygens (including phenoxy) is 1. The molecule has 4 nitrogen and oxygen atoms in total. The molecule has 21 heavy (non-hydrogen) atoms. The minimum absolute atomic E-state index is 0.0526. The second-order valence-electron chi connectivity index (χ2n) is 5.67. The Morgan fingerprint density at radius 2 is 1.90 bits per heavy atom. The molecule has 1 amide bonds. The van der Waals surface area contributed by atoms with E-state index in [-0.39, 0.29) is 18.6 Å². The zero-order valence-corrected chi connectivity index (χ0v) is 13.0. The Balaban J connectivity index is 1.70. The highest BCUT2D eigenvalue weighted by Gasteiger charge is 2.19. The molecule has 0 radical (unpaired) electrons. The SMILES string of the molecule is CCC(CC)NC(=O)COc1ccc(CNC2CC2)cc1. The quantitative estimate of drug-likeness (QED) is 0.735. The van der Waals surface area contributed by atoms with Crippen molar-refractivity contribution in [3.63, 3.8) is 0 Å². The van der Waals surface area contributed by atoms with Crippen molar-refractivity contribution < 1.29 is 9.53 Å². The number of amides is 1. The zero-order chi connectivity index (χ0) is 15.1. The molecule has 2 N–H and O–H groups in total. The first-order valence-corrected chi connectivity index (χ1v) is 7.95. The maximum Gasteiger partial charge on any atom is 0.258 e. The Kier molecular flexibility index (Phi) is 6.05. The molecular formula is C17H26N2O2. The van der Waals surface area contributed by atoms with Gasteiger partial charge in [-0.15, -0.1) is 0 Å². The third-order valence-electron chi connectivity index (χ3n) is 3.82. The number of carbonyl (C=O) groups is 1. The third-order valence-corrected chi connectivity index (χ3v) is 3.82. The fourth-order valence-electron chi connectivity index (χ4n) is 2.16. The average Bonchev–Trinajstić information content (AvgIpc) is 3.34. The fourth-order valence-corrected chi connectivity index (χ4v) is 2.16. The number of hydrogen-bond donors (Lipinski definition) is 2. The maximum absolute atomic E-state index is 11.7. The van der Waals surface area contributed by atoms with E-state index in [1.54, 1.807) is 0 Å². The van der Waals surface area contributed by atoms with Crippen LogP contribution in [-0.2, 0) is 11.3 Å². The number of rotatable bonds is 9. The van der Waals surface area contributed by atoms with Gasteiger partial charge >= 0.3 is 0 Å². The smallest absolute Gasteiger partial charge is 0.258 e. The van der Waals surface area contributed by atoms with Gasteiger partial charge in [0.2, 0.25) is 0 Å². The lowest BCUT2D eigenvalue weighted by Gasteiger charge is -2.15. The van der Waals surface area contributed by atoms with Gasteiger partial charge in [0.05, 0.1) is 0 Å². The molecule has 116 valence electrons. The van der Waals surface area contributed by atoms with Crippen LogP contribution in [0.3, 0.4) is 0 Å². The Hall–Kier alpha value is -1.55. The molecule has 1 aliphatic rings. The lowest BCUT2D eigenvalue weighted by molar-refractivity contribution is -0.123. The molecule has 0 atom stereocenters. The van der Waals surface area contributed by atoms with Crippen molar-refractivity contribution >= 4 is 5.91 Å². The summed E-state index contributed by atoms with van der Waals surface area (Å²) in [5, 5.41) is 6.44. The van der Waals surface area contributed by atoms with Crippen LogP contribution in [0.1, 0.15) is 45.1 Å². The molecule has 0 aromatic heterocycles. The summed E-state index contributed by atoms with van der Waals surface area (Å²) >= 11 is 0. The lowest BCUT2D eigenvalue weighted by Crippen LogP contribution is -2.37. The normalized spacial score (nSPS) is 14.2. The first kappa shape index (κ1) is 15.8. The van der Waals surface area contributed by atoms with Crippen molar-refractivity contribution in [1.29, 1.82) is 0 Å². The number of carbonyl (C=O) groups excluding carboxylic acids is 1. The summed E-state index contributed by atoms with van der Waals surface area (Å²) < 4.78 is 5.52. The van der Waals surface area contributed by atoms with Crippen LogP contribution in [0.2, 0.25) is 0 Å². The van der Waals surface area contributed by atoms with Crippen LogP contribution in [0.5, 0.6) is 5.75 Å². The first-order chi connectivity index (χ1) is 10.2. The van der Waals surface area contributed by atoms with Crippen LogP contribution in [0.4, 0.5) is 0 Å². The van der Waals surface area contributed by atoms with E-state index in [4.69, 9.17) is 4.74 Å². The molecular weight excluding hydrogens is 264 g/mol. The van der Waals surface area contributed by atoms with Crippen LogP contribution in [0.15, 0.2) is 24.3 Å². The van der Waals surface area contributed by atoms with Crippen molar-refractivity contribution in [1.82, 2.24) is 10.6 Å². The van der Waals surface area contributed by atoms with Gasteiger partial charge < -0.3 is 15.4 Å². The summed E-state index contributed by atoms with van der Waals surface area (Å²) in [7, 11) is 0. The molecule has 1 fully saturated rings. The molecule has 1 aromatic rings. The molecule has 0 saturated heterocycles. The van der Waals surface area contributed by atoms with Gasteiger partial charge in [0.1, 0.15) is 5.75 Å². The molecule has 0 unspecified atom stereocenters. The van der Waals surface area contributed by atoms with Gasteiger partial charge in [-0.1, -0.05) is 26.0 Å². The second-order valence-corrected chi connectivity index (χ2v) is 5.67. The standard InChI is InChI=1S/C17H26N2O2/c1-3-14(4-2)19-17(20)12-21-16-9-5-13(6-10-16)11-18-15-7-8-15/h5-6,9-10,14-15,18H,3-4,7-8,11-12H2,1-2H3,(H,19,20). The molecule has 0 heterocycles. The van der Waals surface area contributed by atoms with Gasteiger partial charge in [-0.2, -0.15) is 0 Å². The van der Waals surface area contributed by atoms with Crippen LogP contribution in [0.25, 0.3) is 0 Å². The number of benzene rings is 1. The van der Waals surface area contributed by atoms with E-state index < -0.39 is 0 Å². The van der Waals surface area contributed by atoms with E-state index in [1.807, 2.05) is 24.3 Å². The van der Waals surface area contributed by atoms with Gasteiger partial charge in [-0.3, -0.25) is 4.79 Å². The van der Waals surface area contributed by atoms with E-state index in [2.05, 4.69) is 24.5 Å². The summed E-state index contributed by atoms with van der Waals surface area (Å²) in [4.78, 5) is 11.7. The van der Waals surface area contributed by atoms with E-state index in [0.29, 0.717) is 0 Å². The van der Waals surface area contributed by atoms with Crippen molar-refractivity contribution in [3.8, 4) is 5.75 Å². The maximum atomic E-state index is 11.7. The molecule has 1 aliphatic carbocycles. The summed E-state index contributed by atoms with van der Waals surface area (Å²) in [6, 6.07) is 8.90. The van der Waals surface area contributed by atoms with Crippen molar-refractivity contribution in [3.05, 3.63) is 29.8 Å². The Labute approximate surface area is 127 Å². The summed E-state index contributed by atoms with van der Waals surface area (Å²) in [5.41, 5.74) is 1.25. The predicted octanol–water partition coefficient (Wildman–Crippen LogP) is 2.62. The molecule has 0 spiro atoms. The summed E-state index contributed by atoms with van der Waals surface area (Å²) in [6.07, 6.45) is 4.50. The second kappa shape index (κ2) is 8.03. The molecule has 1 saturated carbocycles. The molecule has 2 rings (SSSR count). The predicted molar refractivity (Wildman–Crippen MR) is 84.3 cm³/mol.